The molecule has 2 heterocycles. The molecule has 1 saturated heterocycles. The molecular formula is C15H17N3OS. The van der Waals surface area contributed by atoms with Gasteiger partial charge < -0.3 is 0 Å². The van der Waals surface area contributed by atoms with Crippen LogP contribution < -0.4 is 0 Å². The Kier molecular flexibility index (Phi) is 2.97. The summed E-state index contributed by atoms with van der Waals surface area (Å²) in [6, 6.07) is 6.49. The number of amides is 1. The van der Waals surface area contributed by atoms with E-state index < -0.39 is 0 Å². The van der Waals surface area contributed by atoms with Crippen LogP contribution in [-0.4, -0.2) is 34.5 Å². The summed E-state index contributed by atoms with van der Waals surface area (Å²) < 4.78 is 1.28. The third-order valence-corrected chi connectivity index (χ3v) is 5.23. The standard InChI is InChI=1S/C15H17N3OS/c19-10-18-7-1-6-17(18)9-11-2-5-13-14(8-11)20-15(16-13)12-3-4-12/h2,5,8,10,12H,1,3-4,6-7,9H2. The van der Waals surface area contributed by atoms with Crippen molar-refractivity contribution >= 4 is 28.0 Å². The van der Waals surface area contributed by atoms with Crippen molar-refractivity contribution in [3.05, 3.63) is 28.8 Å². The van der Waals surface area contributed by atoms with Crippen LogP contribution in [0.25, 0.3) is 10.2 Å². The lowest BCUT2D eigenvalue weighted by Gasteiger charge is -2.23. The van der Waals surface area contributed by atoms with Crippen LogP contribution in [0.15, 0.2) is 18.2 Å². The second-order valence-electron chi connectivity index (χ2n) is 5.64. The van der Waals surface area contributed by atoms with Crippen LogP contribution in [0, 0.1) is 0 Å². The highest BCUT2D eigenvalue weighted by Crippen LogP contribution is 2.43. The smallest absolute Gasteiger partial charge is 0.224 e. The molecule has 104 valence electrons. The van der Waals surface area contributed by atoms with E-state index in [1.807, 2.05) is 11.3 Å². The first-order valence-corrected chi connectivity index (χ1v) is 8.01. The second kappa shape index (κ2) is 4.82. The zero-order chi connectivity index (χ0) is 13.5. The largest absolute Gasteiger partial charge is 0.278 e. The number of thiazole rings is 1. The third kappa shape index (κ3) is 2.21. The predicted molar refractivity (Wildman–Crippen MR) is 79.4 cm³/mol. The zero-order valence-corrected chi connectivity index (χ0v) is 12.1. The molecule has 0 radical (unpaired) electrons. The van der Waals surface area contributed by atoms with E-state index in [4.69, 9.17) is 4.98 Å². The second-order valence-corrected chi connectivity index (χ2v) is 6.70. The number of rotatable bonds is 4. The summed E-state index contributed by atoms with van der Waals surface area (Å²) in [7, 11) is 0. The number of hydrogen-bond donors (Lipinski definition) is 0. The molecule has 1 aromatic carbocycles. The lowest BCUT2D eigenvalue weighted by Crippen LogP contribution is -2.34. The van der Waals surface area contributed by atoms with E-state index in [0.29, 0.717) is 0 Å². The highest BCUT2D eigenvalue weighted by molar-refractivity contribution is 7.18. The molecule has 0 atom stereocenters. The molecule has 1 aliphatic carbocycles. The number of aromatic nitrogens is 1. The Morgan fingerprint density at radius 3 is 3.05 bits per heavy atom. The van der Waals surface area contributed by atoms with Crippen LogP contribution in [-0.2, 0) is 11.3 Å². The van der Waals surface area contributed by atoms with Crippen LogP contribution in [0.2, 0.25) is 0 Å². The Morgan fingerprint density at radius 2 is 2.25 bits per heavy atom. The molecule has 2 aromatic rings. The van der Waals surface area contributed by atoms with Gasteiger partial charge in [0.05, 0.1) is 15.2 Å². The van der Waals surface area contributed by atoms with Crippen molar-refractivity contribution in [2.45, 2.75) is 31.7 Å². The molecule has 4 rings (SSSR count). The maximum atomic E-state index is 11.0. The minimum absolute atomic E-state index is 0.722. The summed E-state index contributed by atoms with van der Waals surface area (Å²) in [5.74, 6) is 0.722. The average Bonchev–Trinajstić information content (AvgIpc) is 3.07. The van der Waals surface area contributed by atoms with E-state index >= 15 is 0 Å². The van der Waals surface area contributed by atoms with E-state index in [9.17, 15) is 4.79 Å². The SMILES string of the molecule is O=CN1CCCN1Cc1ccc2nc(C3CC3)sc2c1. The maximum Gasteiger partial charge on any atom is 0.224 e. The molecule has 5 heteroatoms. The highest BCUT2D eigenvalue weighted by Gasteiger charge is 2.27. The number of hydrogen-bond acceptors (Lipinski definition) is 4. The van der Waals surface area contributed by atoms with E-state index in [1.54, 1.807) is 5.01 Å². The van der Waals surface area contributed by atoms with Crippen LogP contribution in [0.4, 0.5) is 0 Å². The van der Waals surface area contributed by atoms with E-state index in [0.717, 1.165) is 43.9 Å². The molecule has 0 bridgehead atoms. The molecule has 2 fully saturated rings. The maximum absolute atomic E-state index is 11.0. The number of carbonyl (C=O) groups is 1. The van der Waals surface area contributed by atoms with Crippen molar-refractivity contribution in [3.8, 4) is 0 Å². The first-order chi connectivity index (χ1) is 9.83. The van der Waals surface area contributed by atoms with Crippen molar-refractivity contribution in [1.29, 1.82) is 0 Å². The van der Waals surface area contributed by atoms with Crippen molar-refractivity contribution in [2.24, 2.45) is 0 Å². The van der Waals surface area contributed by atoms with Gasteiger partial charge in [-0.05, 0) is 37.0 Å². The number of carbonyl (C=O) groups excluding carboxylic acids is 1. The fourth-order valence-electron chi connectivity index (χ4n) is 2.78. The van der Waals surface area contributed by atoms with Crippen molar-refractivity contribution in [2.75, 3.05) is 13.1 Å². The Bertz CT molecular complexity index is 650. The minimum atomic E-state index is 0.722. The number of fused-ring (bicyclic) bond motifs is 1. The summed E-state index contributed by atoms with van der Waals surface area (Å²) in [5.41, 5.74) is 2.38. The summed E-state index contributed by atoms with van der Waals surface area (Å²) in [4.78, 5) is 15.7. The molecule has 0 unspecified atom stereocenters. The van der Waals surface area contributed by atoms with Crippen molar-refractivity contribution in [1.82, 2.24) is 15.0 Å². The molecule has 1 amide bonds. The minimum Gasteiger partial charge on any atom is -0.278 e. The highest BCUT2D eigenvalue weighted by atomic mass is 32.1. The molecule has 1 aromatic heterocycles. The molecule has 1 aliphatic heterocycles. The Morgan fingerprint density at radius 1 is 1.35 bits per heavy atom. The van der Waals surface area contributed by atoms with Gasteiger partial charge in [-0.3, -0.25) is 9.80 Å². The van der Waals surface area contributed by atoms with Gasteiger partial charge in [0, 0.05) is 25.6 Å². The van der Waals surface area contributed by atoms with Gasteiger partial charge in [0.25, 0.3) is 0 Å². The summed E-state index contributed by atoms with van der Waals surface area (Å²) in [6.07, 6.45) is 4.60. The van der Waals surface area contributed by atoms with Crippen LogP contribution in [0.5, 0.6) is 0 Å². The summed E-state index contributed by atoms with van der Waals surface area (Å²) in [6.45, 7) is 2.62. The molecule has 4 nitrogen and oxygen atoms in total. The molecular weight excluding hydrogens is 270 g/mol. The predicted octanol–water partition coefficient (Wildman–Crippen LogP) is 2.75. The lowest BCUT2D eigenvalue weighted by atomic mass is 10.2. The van der Waals surface area contributed by atoms with Crippen molar-refractivity contribution < 1.29 is 4.79 Å². The van der Waals surface area contributed by atoms with Gasteiger partial charge in [-0.2, -0.15) is 0 Å². The van der Waals surface area contributed by atoms with Crippen molar-refractivity contribution in [3.63, 3.8) is 0 Å². The molecule has 20 heavy (non-hydrogen) atoms. The Labute approximate surface area is 122 Å². The van der Waals surface area contributed by atoms with Gasteiger partial charge in [0.2, 0.25) is 6.41 Å². The van der Waals surface area contributed by atoms with E-state index in [1.165, 1.54) is 28.1 Å². The average molecular weight is 287 g/mol. The van der Waals surface area contributed by atoms with Crippen LogP contribution in [0.3, 0.4) is 0 Å². The monoisotopic (exact) mass is 287 g/mol. The van der Waals surface area contributed by atoms with Gasteiger partial charge in [0.1, 0.15) is 0 Å². The zero-order valence-electron chi connectivity index (χ0n) is 11.3. The van der Waals surface area contributed by atoms with Crippen LogP contribution >= 0.6 is 11.3 Å². The topological polar surface area (TPSA) is 36.4 Å². The number of benzene rings is 1. The number of nitrogens with zero attached hydrogens (tertiary/aromatic N) is 3. The van der Waals surface area contributed by atoms with Crippen LogP contribution in [0.1, 0.15) is 35.8 Å². The summed E-state index contributed by atoms with van der Waals surface area (Å²) >= 11 is 1.83. The number of hydrazine groups is 1. The Balaban J connectivity index is 1.58. The van der Waals surface area contributed by atoms with Gasteiger partial charge in [0.15, 0.2) is 0 Å². The first-order valence-electron chi connectivity index (χ1n) is 7.19. The molecule has 1 saturated carbocycles. The fraction of sp³-hybridized carbons (Fsp3) is 0.467. The third-order valence-electron chi connectivity index (χ3n) is 4.05. The van der Waals surface area contributed by atoms with E-state index in [-0.39, 0.29) is 0 Å². The quantitative estimate of drug-likeness (QED) is 0.811. The van der Waals surface area contributed by atoms with Gasteiger partial charge in [-0.25, -0.2) is 9.99 Å². The van der Waals surface area contributed by atoms with E-state index in [2.05, 4.69) is 23.2 Å². The van der Waals surface area contributed by atoms with Gasteiger partial charge >= 0.3 is 0 Å². The Hall–Kier alpha value is -1.46. The molecule has 0 N–H and O–H groups in total. The van der Waals surface area contributed by atoms with Gasteiger partial charge in [-0.1, -0.05) is 6.07 Å². The normalized spacial score (nSPS) is 19.9. The first kappa shape index (κ1) is 12.3. The lowest BCUT2D eigenvalue weighted by molar-refractivity contribution is -0.129. The molecule has 2 aliphatic rings. The summed E-state index contributed by atoms with van der Waals surface area (Å²) in [5, 5.41) is 5.21. The molecule has 0 spiro atoms. The van der Waals surface area contributed by atoms with Gasteiger partial charge in [-0.15, -0.1) is 11.3 Å². The fourth-order valence-corrected chi connectivity index (χ4v) is 3.98.